The van der Waals surface area contributed by atoms with Crippen LogP contribution in [0.5, 0.6) is 0 Å². The second-order valence-corrected chi connectivity index (χ2v) is 8.10. The van der Waals surface area contributed by atoms with Crippen molar-refractivity contribution in [2.24, 2.45) is 5.92 Å². The Morgan fingerprint density at radius 2 is 1.96 bits per heavy atom. The Hall–Kier alpha value is -1.13. The molecule has 0 aromatic rings. The molecule has 0 amide bonds. The molecular weight excluding hydrogens is 304 g/mol. The Kier molecular flexibility index (Phi) is 4.89. The summed E-state index contributed by atoms with van der Waals surface area (Å²) in [6.07, 6.45) is 7.13. The van der Waals surface area contributed by atoms with E-state index in [-0.39, 0.29) is 24.3 Å². The second kappa shape index (κ2) is 6.64. The third kappa shape index (κ3) is 3.45. The lowest BCUT2D eigenvalue weighted by Crippen LogP contribution is -2.49. The lowest BCUT2D eigenvalue weighted by molar-refractivity contribution is -0.181. The number of hydrogen-bond acceptors (Lipinski definition) is 4. The molecule has 0 saturated carbocycles. The van der Waals surface area contributed by atoms with Gasteiger partial charge in [0.1, 0.15) is 6.10 Å². The van der Waals surface area contributed by atoms with Gasteiger partial charge in [0.25, 0.3) is 0 Å². The topological polar surface area (TPSA) is 55.8 Å². The Morgan fingerprint density at radius 1 is 1.21 bits per heavy atom. The highest BCUT2D eigenvalue weighted by atomic mass is 16.5. The first-order chi connectivity index (χ1) is 11.3. The minimum absolute atomic E-state index is 0.121. The Bertz CT molecular complexity index is 572. The number of carbonyl (C=O) groups excluding carboxylic acids is 1. The molecule has 1 saturated heterocycles. The molecule has 3 aliphatic rings. The molecule has 0 aromatic carbocycles. The molecule has 0 aliphatic carbocycles. The summed E-state index contributed by atoms with van der Waals surface area (Å²) in [5.74, 6) is 0.226. The standard InChI is InChI=1S/C20H30O4/c1-12-5-8-18-20(4,22)10-9-16(23-18)13(2)6-7-15-14(3)19(21)24-17(15)11-12/h11,13,16-18,22H,5-10H2,1-4H3/b12-11+/t13-,16-,17-,18-,20-/m0/s1. The van der Waals surface area contributed by atoms with Crippen LogP contribution in [0.15, 0.2) is 22.8 Å². The van der Waals surface area contributed by atoms with Crippen molar-refractivity contribution in [2.45, 2.75) is 90.1 Å². The monoisotopic (exact) mass is 334 g/mol. The zero-order valence-electron chi connectivity index (χ0n) is 15.3. The number of aliphatic hydroxyl groups is 1. The molecule has 0 radical (unpaired) electrons. The summed E-state index contributed by atoms with van der Waals surface area (Å²) in [5.41, 5.74) is 2.35. The van der Waals surface area contributed by atoms with E-state index in [2.05, 4.69) is 19.9 Å². The SMILES string of the molecule is CC1=C2CC[C@H](C)[C@@H]3CC[C@](C)(O)[C@H](CC/C(C)=C/[C@@H]2OC1=O)O3. The Balaban J connectivity index is 1.87. The van der Waals surface area contributed by atoms with Crippen LogP contribution in [0.1, 0.15) is 66.2 Å². The maximum Gasteiger partial charge on any atom is 0.334 e. The summed E-state index contributed by atoms with van der Waals surface area (Å²) in [7, 11) is 0. The van der Waals surface area contributed by atoms with Crippen molar-refractivity contribution in [3.63, 3.8) is 0 Å². The average Bonchev–Trinajstić information content (AvgIpc) is 2.77. The van der Waals surface area contributed by atoms with E-state index in [4.69, 9.17) is 9.47 Å². The van der Waals surface area contributed by atoms with E-state index in [9.17, 15) is 9.90 Å². The summed E-state index contributed by atoms with van der Waals surface area (Å²) in [5, 5.41) is 10.7. The fourth-order valence-electron chi connectivity index (χ4n) is 4.17. The number of hydrogen-bond donors (Lipinski definition) is 1. The molecule has 3 heterocycles. The fraction of sp³-hybridized carbons (Fsp3) is 0.750. The van der Waals surface area contributed by atoms with Gasteiger partial charge >= 0.3 is 5.97 Å². The van der Waals surface area contributed by atoms with Crippen molar-refractivity contribution in [1.29, 1.82) is 0 Å². The highest BCUT2D eigenvalue weighted by Gasteiger charge is 2.41. The summed E-state index contributed by atoms with van der Waals surface area (Å²) in [6, 6.07) is 0. The zero-order valence-corrected chi connectivity index (χ0v) is 15.3. The van der Waals surface area contributed by atoms with Gasteiger partial charge in [0.05, 0.1) is 17.8 Å². The third-order valence-electron chi connectivity index (χ3n) is 6.07. The Labute approximate surface area is 144 Å². The van der Waals surface area contributed by atoms with Crippen molar-refractivity contribution in [2.75, 3.05) is 0 Å². The highest BCUT2D eigenvalue weighted by Crippen LogP contribution is 2.38. The van der Waals surface area contributed by atoms with Crippen LogP contribution in [-0.4, -0.2) is 35.0 Å². The molecule has 24 heavy (non-hydrogen) atoms. The molecule has 4 heteroatoms. The largest absolute Gasteiger partial charge is 0.450 e. The maximum absolute atomic E-state index is 12.0. The van der Waals surface area contributed by atoms with Crippen molar-refractivity contribution in [3.05, 3.63) is 22.8 Å². The molecule has 3 rings (SSSR count). The van der Waals surface area contributed by atoms with Gasteiger partial charge in [0.15, 0.2) is 0 Å². The average molecular weight is 334 g/mol. The molecule has 3 aliphatic heterocycles. The predicted octanol–water partition coefficient (Wildman–Crippen LogP) is 3.68. The van der Waals surface area contributed by atoms with Gasteiger partial charge in [0, 0.05) is 5.57 Å². The normalized spacial score (nSPS) is 43.2. The lowest BCUT2D eigenvalue weighted by atomic mass is 9.81. The van der Waals surface area contributed by atoms with Crippen LogP contribution in [0.2, 0.25) is 0 Å². The van der Waals surface area contributed by atoms with Crippen LogP contribution < -0.4 is 0 Å². The van der Waals surface area contributed by atoms with Gasteiger partial charge in [-0.15, -0.1) is 0 Å². The molecular formula is C20H30O4. The van der Waals surface area contributed by atoms with Gasteiger partial charge in [-0.2, -0.15) is 0 Å². The van der Waals surface area contributed by atoms with E-state index in [1.54, 1.807) is 0 Å². The van der Waals surface area contributed by atoms with Gasteiger partial charge in [-0.3, -0.25) is 0 Å². The number of rotatable bonds is 0. The number of ether oxygens (including phenoxy) is 2. The number of allylic oxidation sites excluding steroid dienone is 1. The first-order valence-electron chi connectivity index (χ1n) is 9.23. The summed E-state index contributed by atoms with van der Waals surface area (Å²) >= 11 is 0. The predicted molar refractivity (Wildman–Crippen MR) is 92.5 cm³/mol. The van der Waals surface area contributed by atoms with E-state index in [1.165, 1.54) is 5.57 Å². The van der Waals surface area contributed by atoms with E-state index in [0.29, 0.717) is 5.92 Å². The quantitative estimate of drug-likeness (QED) is 0.542. The van der Waals surface area contributed by atoms with Crippen molar-refractivity contribution < 1.29 is 19.4 Å². The van der Waals surface area contributed by atoms with E-state index in [1.807, 2.05) is 13.8 Å². The molecule has 1 fully saturated rings. The second-order valence-electron chi connectivity index (χ2n) is 8.10. The summed E-state index contributed by atoms with van der Waals surface area (Å²) in [6.45, 7) is 8.06. The van der Waals surface area contributed by atoms with Crippen LogP contribution in [0.3, 0.4) is 0 Å². The molecule has 0 aromatic heterocycles. The Morgan fingerprint density at radius 3 is 2.71 bits per heavy atom. The smallest absolute Gasteiger partial charge is 0.334 e. The minimum atomic E-state index is -0.748. The zero-order chi connectivity index (χ0) is 17.5. The van der Waals surface area contributed by atoms with Crippen molar-refractivity contribution in [1.82, 2.24) is 0 Å². The maximum atomic E-state index is 12.0. The van der Waals surface area contributed by atoms with Crippen LogP contribution in [0, 0.1) is 5.92 Å². The number of fused-ring (bicyclic) bond motifs is 3. The van der Waals surface area contributed by atoms with E-state index in [0.717, 1.165) is 49.7 Å². The van der Waals surface area contributed by atoms with Crippen molar-refractivity contribution in [3.8, 4) is 0 Å². The van der Waals surface area contributed by atoms with Crippen LogP contribution >= 0.6 is 0 Å². The molecule has 1 N–H and O–H groups in total. The van der Waals surface area contributed by atoms with E-state index < -0.39 is 5.60 Å². The van der Waals surface area contributed by atoms with Gasteiger partial charge in [0.2, 0.25) is 0 Å². The minimum Gasteiger partial charge on any atom is -0.450 e. The highest BCUT2D eigenvalue weighted by molar-refractivity contribution is 5.92. The van der Waals surface area contributed by atoms with Gasteiger partial charge < -0.3 is 14.6 Å². The molecule has 5 atom stereocenters. The van der Waals surface area contributed by atoms with Gasteiger partial charge in [-0.1, -0.05) is 12.5 Å². The van der Waals surface area contributed by atoms with Gasteiger partial charge in [-0.25, -0.2) is 4.79 Å². The first kappa shape index (κ1) is 17.7. The number of carbonyl (C=O) groups is 1. The van der Waals surface area contributed by atoms with Crippen LogP contribution in [0.25, 0.3) is 0 Å². The first-order valence-corrected chi connectivity index (χ1v) is 9.23. The summed E-state index contributed by atoms with van der Waals surface area (Å²) in [4.78, 5) is 12.0. The molecule has 134 valence electrons. The molecule has 4 nitrogen and oxygen atoms in total. The third-order valence-corrected chi connectivity index (χ3v) is 6.07. The molecule has 0 spiro atoms. The fourth-order valence-corrected chi connectivity index (χ4v) is 4.17. The van der Waals surface area contributed by atoms with Gasteiger partial charge in [-0.05, 0) is 76.9 Å². The lowest BCUT2D eigenvalue weighted by Gasteiger charge is -2.43. The van der Waals surface area contributed by atoms with E-state index >= 15 is 0 Å². The molecule has 0 unspecified atom stereocenters. The number of esters is 1. The van der Waals surface area contributed by atoms with Crippen LogP contribution in [0.4, 0.5) is 0 Å². The van der Waals surface area contributed by atoms with Crippen LogP contribution in [-0.2, 0) is 14.3 Å². The van der Waals surface area contributed by atoms with Crippen molar-refractivity contribution >= 4 is 5.97 Å². The summed E-state index contributed by atoms with van der Waals surface area (Å²) < 4.78 is 11.9. The molecule has 2 bridgehead atoms.